The fourth-order valence-electron chi connectivity index (χ4n) is 1.92. The van der Waals surface area contributed by atoms with E-state index in [1.165, 1.54) is 12.1 Å². The first-order valence-electron chi connectivity index (χ1n) is 6.05. The zero-order chi connectivity index (χ0) is 13.9. The molecule has 3 rings (SSSR count). The Morgan fingerprint density at radius 1 is 1.10 bits per heavy atom. The fourth-order valence-corrected chi connectivity index (χ4v) is 2.65. The number of hydrogen-bond acceptors (Lipinski definition) is 2. The van der Waals surface area contributed by atoms with Gasteiger partial charge in [0.15, 0.2) is 0 Å². The van der Waals surface area contributed by atoms with E-state index in [2.05, 4.69) is 32.9 Å². The van der Waals surface area contributed by atoms with Crippen LogP contribution in [0, 0.1) is 9.39 Å². The maximum atomic E-state index is 13.2. The second-order valence-electron chi connectivity index (χ2n) is 4.21. The molecule has 2 aromatic carbocycles. The monoisotopic (exact) mass is 379 g/mol. The molecular weight excluding hydrogens is 368 g/mol. The summed E-state index contributed by atoms with van der Waals surface area (Å²) >= 11 is 2.12. The van der Waals surface area contributed by atoms with Crippen LogP contribution in [-0.2, 0) is 0 Å². The minimum atomic E-state index is -0.240. The summed E-state index contributed by atoms with van der Waals surface area (Å²) in [5.41, 5.74) is 1.85. The Labute approximate surface area is 129 Å². The van der Waals surface area contributed by atoms with Crippen molar-refractivity contribution in [3.8, 4) is 5.69 Å². The molecule has 1 N–H and O–H groups in total. The molecule has 0 aliphatic rings. The van der Waals surface area contributed by atoms with Crippen LogP contribution in [0.1, 0.15) is 0 Å². The highest BCUT2D eigenvalue weighted by atomic mass is 127. The van der Waals surface area contributed by atoms with Crippen molar-refractivity contribution < 1.29 is 4.39 Å². The van der Waals surface area contributed by atoms with Gasteiger partial charge in [-0.15, -0.1) is 0 Å². The molecule has 100 valence electrons. The first kappa shape index (κ1) is 13.1. The van der Waals surface area contributed by atoms with Crippen molar-refractivity contribution >= 4 is 34.2 Å². The predicted octanol–water partition coefficient (Wildman–Crippen LogP) is 4.36. The predicted molar refractivity (Wildman–Crippen MR) is 86.0 cm³/mol. The summed E-state index contributed by atoms with van der Waals surface area (Å²) in [7, 11) is 0. The van der Waals surface area contributed by atoms with E-state index in [0.717, 1.165) is 14.9 Å². The number of anilines is 2. The Morgan fingerprint density at radius 3 is 2.65 bits per heavy atom. The van der Waals surface area contributed by atoms with Crippen LogP contribution in [0.2, 0.25) is 0 Å². The van der Waals surface area contributed by atoms with Gasteiger partial charge in [0.2, 0.25) is 5.95 Å². The Kier molecular flexibility index (Phi) is 3.68. The van der Waals surface area contributed by atoms with Crippen LogP contribution in [0.25, 0.3) is 5.69 Å². The van der Waals surface area contributed by atoms with Crippen LogP contribution >= 0.6 is 22.6 Å². The molecule has 3 nitrogen and oxygen atoms in total. The van der Waals surface area contributed by atoms with Crippen LogP contribution in [-0.4, -0.2) is 9.55 Å². The molecule has 0 aliphatic heterocycles. The lowest BCUT2D eigenvalue weighted by molar-refractivity contribution is 0.626. The number of aromatic nitrogens is 2. The molecule has 1 aromatic heterocycles. The van der Waals surface area contributed by atoms with Gasteiger partial charge in [-0.1, -0.05) is 18.2 Å². The van der Waals surface area contributed by atoms with Gasteiger partial charge in [-0.3, -0.25) is 4.57 Å². The van der Waals surface area contributed by atoms with E-state index in [1.54, 1.807) is 12.3 Å². The Hall–Kier alpha value is -1.89. The molecule has 0 radical (unpaired) electrons. The minimum absolute atomic E-state index is 0.240. The number of nitrogens with one attached hydrogen (secondary N) is 1. The maximum Gasteiger partial charge on any atom is 0.212 e. The third-order valence-corrected chi connectivity index (χ3v) is 3.70. The lowest BCUT2D eigenvalue weighted by Crippen LogP contribution is -2.02. The van der Waals surface area contributed by atoms with Crippen molar-refractivity contribution in [3.63, 3.8) is 0 Å². The molecule has 0 unspecified atom stereocenters. The number of para-hydroxylation sites is 1. The quantitative estimate of drug-likeness (QED) is 0.686. The summed E-state index contributed by atoms with van der Waals surface area (Å²) < 4.78 is 15.9. The number of hydrogen-bond donors (Lipinski definition) is 1. The summed E-state index contributed by atoms with van der Waals surface area (Å²) in [5.74, 6) is 0.455. The van der Waals surface area contributed by atoms with E-state index >= 15 is 0 Å². The average molecular weight is 379 g/mol. The zero-order valence-corrected chi connectivity index (χ0v) is 12.6. The van der Waals surface area contributed by atoms with Gasteiger partial charge in [0.05, 0.1) is 5.69 Å². The lowest BCUT2D eigenvalue weighted by atomic mass is 10.3. The zero-order valence-electron chi connectivity index (χ0n) is 10.4. The summed E-state index contributed by atoms with van der Waals surface area (Å²) in [6.07, 6.45) is 3.56. The average Bonchev–Trinajstić information content (AvgIpc) is 2.88. The molecule has 0 amide bonds. The van der Waals surface area contributed by atoms with Crippen molar-refractivity contribution in [3.05, 3.63) is 70.3 Å². The van der Waals surface area contributed by atoms with E-state index in [9.17, 15) is 4.39 Å². The number of rotatable bonds is 3. The minimum Gasteiger partial charge on any atom is -0.325 e. The highest BCUT2D eigenvalue weighted by Crippen LogP contribution is 2.23. The van der Waals surface area contributed by atoms with Gasteiger partial charge in [0, 0.05) is 21.7 Å². The number of imidazole rings is 1. The van der Waals surface area contributed by atoms with Gasteiger partial charge < -0.3 is 5.32 Å². The van der Waals surface area contributed by atoms with Crippen LogP contribution in [0.4, 0.5) is 16.0 Å². The Bertz CT molecular complexity index is 725. The third-order valence-electron chi connectivity index (χ3n) is 2.84. The van der Waals surface area contributed by atoms with Crippen LogP contribution in [0.5, 0.6) is 0 Å². The standard InChI is InChI=1S/C15H11FIN3/c16-11-6-7-14(13(17)10-11)20-9-8-18-15(20)19-12-4-2-1-3-5-12/h1-10H,(H,18,19). The molecular formula is C15H11FIN3. The maximum absolute atomic E-state index is 13.2. The first-order valence-corrected chi connectivity index (χ1v) is 7.13. The second-order valence-corrected chi connectivity index (χ2v) is 5.37. The number of nitrogens with zero attached hydrogens (tertiary/aromatic N) is 2. The van der Waals surface area contributed by atoms with Crippen molar-refractivity contribution in [1.82, 2.24) is 9.55 Å². The molecule has 0 saturated carbocycles. The van der Waals surface area contributed by atoms with E-state index in [4.69, 9.17) is 0 Å². The molecule has 0 saturated heterocycles. The van der Waals surface area contributed by atoms with Gasteiger partial charge in [-0.2, -0.15) is 0 Å². The second kappa shape index (κ2) is 5.62. The van der Waals surface area contributed by atoms with Gasteiger partial charge in [-0.25, -0.2) is 9.37 Å². The van der Waals surface area contributed by atoms with E-state index in [0.29, 0.717) is 5.95 Å². The molecule has 0 fully saturated rings. The summed E-state index contributed by atoms with van der Waals surface area (Å²) in [4.78, 5) is 4.31. The third kappa shape index (κ3) is 2.67. The first-order chi connectivity index (χ1) is 9.74. The van der Waals surface area contributed by atoms with E-state index in [1.807, 2.05) is 41.1 Å². The van der Waals surface area contributed by atoms with E-state index < -0.39 is 0 Å². The molecule has 5 heteroatoms. The smallest absolute Gasteiger partial charge is 0.212 e. The summed E-state index contributed by atoms with van der Waals surface area (Å²) in [6, 6.07) is 14.5. The van der Waals surface area contributed by atoms with Crippen LogP contribution in [0.15, 0.2) is 60.9 Å². The molecule has 0 aliphatic carbocycles. The normalized spacial score (nSPS) is 10.5. The summed E-state index contributed by atoms with van der Waals surface area (Å²) in [6.45, 7) is 0. The molecule has 0 spiro atoms. The molecule has 20 heavy (non-hydrogen) atoms. The highest BCUT2D eigenvalue weighted by molar-refractivity contribution is 14.1. The topological polar surface area (TPSA) is 29.9 Å². The van der Waals surface area contributed by atoms with Crippen molar-refractivity contribution in [2.24, 2.45) is 0 Å². The lowest BCUT2D eigenvalue weighted by Gasteiger charge is -2.11. The molecule has 1 heterocycles. The number of benzene rings is 2. The van der Waals surface area contributed by atoms with Gasteiger partial charge >= 0.3 is 0 Å². The van der Waals surface area contributed by atoms with Gasteiger partial charge in [0.1, 0.15) is 5.82 Å². The van der Waals surface area contributed by atoms with Crippen LogP contribution < -0.4 is 5.32 Å². The SMILES string of the molecule is Fc1ccc(-n2ccnc2Nc2ccccc2)c(I)c1. The van der Waals surface area contributed by atoms with Gasteiger partial charge in [-0.05, 0) is 52.9 Å². The Balaban J connectivity index is 1.98. The van der Waals surface area contributed by atoms with Crippen molar-refractivity contribution in [2.45, 2.75) is 0 Å². The summed E-state index contributed by atoms with van der Waals surface area (Å²) in [5, 5.41) is 3.25. The fraction of sp³-hybridized carbons (Fsp3) is 0. The molecule has 0 atom stereocenters. The van der Waals surface area contributed by atoms with Crippen LogP contribution in [0.3, 0.4) is 0 Å². The largest absolute Gasteiger partial charge is 0.325 e. The molecule has 0 bridgehead atoms. The van der Waals surface area contributed by atoms with Crippen molar-refractivity contribution in [2.75, 3.05) is 5.32 Å². The number of halogens is 2. The Morgan fingerprint density at radius 2 is 1.90 bits per heavy atom. The van der Waals surface area contributed by atoms with Gasteiger partial charge in [0.25, 0.3) is 0 Å². The highest BCUT2D eigenvalue weighted by Gasteiger charge is 2.09. The van der Waals surface area contributed by atoms with E-state index in [-0.39, 0.29) is 5.82 Å². The van der Waals surface area contributed by atoms with Crippen molar-refractivity contribution in [1.29, 1.82) is 0 Å². The molecule has 3 aromatic rings.